The second-order valence-corrected chi connectivity index (χ2v) is 3.29. The number of nitrogens with two attached hydrogens (primary N) is 1. The molecule has 0 unspecified atom stereocenters. The van der Waals surface area contributed by atoms with E-state index in [4.69, 9.17) is 10.8 Å². The quantitative estimate of drug-likeness (QED) is 0.761. The summed E-state index contributed by atoms with van der Waals surface area (Å²) in [6.07, 6.45) is -9.73. The van der Waals surface area contributed by atoms with Crippen molar-refractivity contribution in [2.24, 2.45) is 5.73 Å². The molecule has 2 nitrogen and oxygen atoms in total. The van der Waals surface area contributed by atoms with Gasteiger partial charge in [-0.05, 0) is 18.2 Å². The van der Waals surface area contributed by atoms with E-state index < -0.39 is 35.3 Å². The van der Waals surface area contributed by atoms with Crippen LogP contribution in [0.5, 0.6) is 5.75 Å². The van der Waals surface area contributed by atoms with E-state index in [-0.39, 0.29) is 6.07 Å². The van der Waals surface area contributed by atoms with Crippen LogP contribution in [0.2, 0.25) is 0 Å². The zero-order chi connectivity index (χ0) is 13.4. The van der Waals surface area contributed by atoms with Crippen molar-refractivity contribution < 1.29 is 31.4 Å². The van der Waals surface area contributed by atoms with E-state index in [1.807, 2.05) is 0 Å². The van der Waals surface area contributed by atoms with Crippen molar-refractivity contribution in [3.63, 3.8) is 0 Å². The van der Waals surface area contributed by atoms with Gasteiger partial charge in [-0.15, -0.1) is 0 Å². The van der Waals surface area contributed by atoms with Crippen LogP contribution in [0.4, 0.5) is 26.3 Å². The molecule has 0 radical (unpaired) electrons. The Labute approximate surface area is 91.7 Å². The fourth-order valence-corrected chi connectivity index (χ4v) is 1.16. The Bertz CT molecular complexity index is 411. The molecule has 0 heterocycles. The molecule has 0 spiro atoms. The number of rotatable bonds is 1. The summed E-state index contributed by atoms with van der Waals surface area (Å²) in [6, 6.07) is -1.47. The standard InChI is InChI=1S/C9H7F6NO/c10-8(11,12)4-1-2-6(17)5(3-4)7(16)9(13,14)15/h1-3,7,17H,16H2/t7-/m0/s1. The smallest absolute Gasteiger partial charge is 0.416 e. The molecule has 0 saturated heterocycles. The second-order valence-electron chi connectivity index (χ2n) is 3.29. The molecule has 1 rings (SSSR count). The summed E-state index contributed by atoms with van der Waals surface area (Å²) < 4.78 is 73.4. The van der Waals surface area contributed by atoms with Gasteiger partial charge in [-0.25, -0.2) is 0 Å². The highest BCUT2D eigenvalue weighted by Crippen LogP contribution is 2.38. The van der Waals surface area contributed by atoms with Gasteiger partial charge >= 0.3 is 12.4 Å². The fraction of sp³-hybridized carbons (Fsp3) is 0.333. The van der Waals surface area contributed by atoms with Gasteiger partial charge in [0.05, 0.1) is 5.56 Å². The van der Waals surface area contributed by atoms with E-state index in [1.165, 1.54) is 0 Å². The third kappa shape index (κ3) is 3.02. The minimum atomic E-state index is -4.93. The Morgan fingerprint density at radius 3 is 2.00 bits per heavy atom. The lowest BCUT2D eigenvalue weighted by Gasteiger charge is -2.18. The van der Waals surface area contributed by atoms with Crippen LogP contribution in [0, 0.1) is 0 Å². The highest BCUT2D eigenvalue weighted by Gasteiger charge is 2.40. The van der Waals surface area contributed by atoms with Gasteiger partial charge < -0.3 is 10.8 Å². The molecule has 0 fully saturated rings. The van der Waals surface area contributed by atoms with Crippen molar-refractivity contribution in [2.45, 2.75) is 18.4 Å². The zero-order valence-electron chi connectivity index (χ0n) is 8.10. The number of hydrogen-bond acceptors (Lipinski definition) is 2. The van der Waals surface area contributed by atoms with E-state index in [1.54, 1.807) is 0 Å². The summed E-state index contributed by atoms with van der Waals surface area (Å²) >= 11 is 0. The first-order valence-electron chi connectivity index (χ1n) is 4.26. The summed E-state index contributed by atoms with van der Waals surface area (Å²) in [6.45, 7) is 0. The highest BCUT2D eigenvalue weighted by molar-refractivity contribution is 5.39. The van der Waals surface area contributed by atoms with Crippen molar-refractivity contribution in [1.82, 2.24) is 0 Å². The predicted octanol–water partition coefficient (Wildman–Crippen LogP) is 2.97. The van der Waals surface area contributed by atoms with Crippen LogP contribution in [0.1, 0.15) is 17.2 Å². The highest BCUT2D eigenvalue weighted by atomic mass is 19.4. The maximum atomic E-state index is 12.3. The van der Waals surface area contributed by atoms with Gasteiger partial charge in [-0.2, -0.15) is 26.3 Å². The topological polar surface area (TPSA) is 46.2 Å². The minimum absolute atomic E-state index is 0.188. The zero-order valence-corrected chi connectivity index (χ0v) is 8.10. The average Bonchev–Trinajstić information content (AvgIpc) is 2.14. The van der Waals surface area contributed by atoms with Crippen LogP contribution in [-0.4, -0.2) is 11.3 Å². The van der Waals surface area contributed by atoms with Crippen LogP contribution >= 0.6 is 0 Å². The number of phenols is 1. The van der Waals surface area contributed by atoms with Crippen molar-refractivity contribution in [3.8, 4) is 5.75 Å². The maximum absolute atomic E-state index is 12.3. The van der Waals surface area contributed by atoms with Crippen LogP contribution < -0.4 is 5.73 Å². The summed E-state index contributed by atoms with van der Waals surface area (Å²) in [5.74, 6) is -0.928. The van der Waals surface area contributed by atoms with E-state index in [0.29, 0.717) is 12.1 Å². The SMILES string of the molecule is N[C@@H](c1cc(C(F)(F)F)ccc1O)C(F)(F)F. The van der Waals surface area contributed by atoms with Gasteiger partial charge in [-0.3, -0.25) is 0 Å². The number of hydrogen-bond donors (Lipinski definition) is 2. The lowest BCUT2D eigenvalue weighted by atomic mass is 10.0. The Morgan fingerprint density at radius 1 is 1.06 bits per heavy atom. The molecule has 3 N–H and O–H groups in total. The van der Waals surface area contributed by atoms with Gasteiger partial charge in [0, 0.05) is 5.56 Å². The number of alkyl halides is 6. The van der Waals surface area contributed by atoms with Crippen LogP contribution in [-0.2, 0) is 6.18 Å². The molecule has 0 bridgehead atoms. The fourth-order valence-electron chi connectivity index (χ4n) is 1.16. The molecule has 0 amide bonds. The molecule has 1 aromatic carbocycles. The molecule has 1 atom stereocenters. The van der Waals surface area contributed by atoms with Gasteiger partial charge in [-0.1, -0.05) is 0 Å². The summed E-state index contributed by atoms with van der Waals surface area (Å²) in [4.78, 5) is 0. The van der Waals surface area contributed by atoms with E-state index in [2.05, 4.69) is 0 Å². The molecule has 0 aromatic heterocycles. The molecule has 0 aliphatic heterocycles. The monoisotopic (exact) mass is 259 g/mol. The number of aromatic hydroxyl groups is 1. The number of halogens is 6. The first-order chi connectivity index (χ1) is 7.53. The minimum Gasteiger partial charge on any atom is -0.508 e. The normalized spacial score (nSPS) is 14.8. The molecule has 0 aliphatic rings. The molecule has 1 aromatic rings. The first-order valence-corrected chi connectivity index (χ1v) is 4.26. The lowest BCUT2D eigenvalue weighted by molar-refractivity contribution is -0.150. The maximum Gasteiger partial charge on any atom is 0.416 e. The Kier molecular flexibility index (Phi) is 3.28. The molecule has 17 heavy (non-hydrogen) atoms. The number of phenolic OH excluding ortho intramolecular Hbond substituents is 1. The summed E-state index contributed by atoms with van der Waals surface area (Å²) in [5, 5.41) is 9.09. The van der Waals surface area contributed by atoms with Crippen LogP contribution in [0.3, 0.4) is 0 Å². The largest absolute Gasteiger partial charge is 0.508 e. The molecule has 8 heteroatoms. The van der Waals surface area contributed by atoms with Crippen LogP contribution in [0.15, 0.2) is 18.2 Å². The van der Waals surface area contributed by atoms with Crippen LogP contribution in [0.25, 0.3) is 0 Å². The Morgan fingerprint density at radius 2 is 1.59 bits per heavy atom. The Hall–Kier alpha value is -1.44. The molecule has 0 saturated carbocycles. The summed E-state index contributed by atoms with van der Waals surface area (Å²) in [7, 11) is 0. The van der Waals surface area contributed by atoms with Crippen molar-refractivity contribution in [2.75, 3.05) is 0 Å². The van der Waals surface area contributed by atoms with Crippen molar-refractivity contribution >= 4 is 0 Å². The van der Waals surface area contributed by atoms with E-state index in [9.17, 15) is 26.3 Å². The van der Waals surface area contributed by atoms with E-state index >= 15 is 0 Å². The van der Waals surface area contributed by atoms with Gasteiger partial charge in [0.2, 0.25) is 0 Å². The molecule has 0 aliphatic carbocycles. The second kappa shape index (κ2) is 4.10. The third-order valence-electron chi connectivity index (χ3n) is 2.04. The first kappa shape index (κ1) is 13.6. The Balaban J connectivity index is 3.25. The van der Waals surface area contributed by atoms with Gasteiger partial charge in [0.1, 0.15) is 11.8 Å². The predicted molar refractivity (Wildman–Crippen MR) is 46.1 cm³/mol. The molecular formula is C9H7F6NO. The van der Waals surface area contributed by atoms with Gasteiger partial charge in [0.15, 0.2) is 0 Å². The third-order valence-corrected chi connectivity index (χ3v) is 2.04. The van der Waals surface area contributed by atoms with E-state index in [0.717, 1.165) is 0 Å². The molecule has 96 valence electrons. The van der Waals surface area contributed by atoms with Crippen molar-refractivity contribution in [1.29, 1.82) is 0 Å². The number of benzene rings is 1. The van der Waals surface area contributed by atoms with Crippen molar-refractivity contribution in [3.05, 3.63) is 29.3 Å². The summed E-state index contributed by atoms with van der Waals surface area (Å²) in [5.41, 5.74) is 2.42. The lowest BCUT2D eigenvalue weighted by Crippen LogP contribution is -2.28. The average molecular weight is 259 g/mol. The molecular weight excluding hydrogens is 252 g/mol. The van der Waals surface area contributed by atoms with Gasteiger partial charge in [0.25, 0.3) is 0 Å².